The number of amides is 1. The van der Waals surface area contributed by atoms with Crippen LogP contribution in [-0.2, 0) is 11.8 Å². The molecule has 1 unspecified atom stereocenters. The van der Waals surface area contributed by atoms with E-state index < -0.39 is 17.9 Å². The first-order valence-electron chi connectivity index (χ1n) is 5.96. The molecule has 0 aliphatic rings. The Labute approximate surface area is 128 Å². The minimum atomic E-state index is -1.13. The van der Waals surface area contributed by atoms with Crippen molar-refractivity contribution >= 4 is 33.5 Å². The van der Waals surface area contributed by atoms with Crippen LogP contribution in [0.4, 0.5) is 5.69 Å². The molecular formula is C13H13BrN4O3. The largest absolute Gasteiger partial charge is 0.478 e. The fraction of sp³-hybridized carbons (Fsp3) is 0.154. The summed E-state index contributed by atoms with van der Waals surface area (Å²) >= 11 is 3.23. The molecular weight excluding hydrogens is 340 g/mol. The lowest BCUT2D eigenvalue weighted by molar-refractivity contribution is -0.117. The quantitative estimate of drug-likeness (QED) is 0.772. The number of hydrogen-bond acceptors (Lipinski definition) is 4. The van der Waals surface area contributed by atoms with E-state index in [1.54, 1.807) is 19.3 Å². The predicted octanol–water partition coefficient (Wildman–Crippen LogP) is 1.52. The lowest BCUT2D eigenvalue weighted by atomic mass is 10.1. The molecule has 0 aliphatic heterocycles. The molecule has 2 aromatic rings. The maximum Gasteiger partial charge on any atom is 0.337 e. The Balaban J connectivity index is 2.23. The molecule has 1 atom stereocenters. The molecule has 0 saturated carbocycles. The zero-order valence-electron chi connectivity index (χ0n) is 11.1. The Morgan fingerprint density at radius 3 is 2.76 bits per heavy atom. The van der Waals surface area contributed by atoms with Gasteiger partial charge in [0.05, 0.1) is 17.4 Å². The zero-order valence-corrected chi connectivity index (χ0v) is 12.7. The SMILES string of the molecule is Cn1cc(C(N)C(=O)Nc2cc(Br)ccc2C(=O)O)cn1. The van der Waals surface area contributed by atoms with Crippen molar-refractivity contribution in [1.29, 1.82) is 0 Å². The lowest BCUT2D eigenvalue weighted by Crippen LogP contribution is -2.28. The van der Waals surface area contributed by atoms with Crippen LogP contribution in [0.15, 0.2) is 35.1 Å². The number of nitrogens with two attached hydrogens (primary N) is 1. The number of hydrogen-bond donors (Lipinski definition) is 3. The van der Waals surface area contributed by atoms with Gasteiger partial charge in [-0.05, 0) is 18.2 Å². The minimum absolute atomic E-state index is 0.00932. The van der Waals surface area contributed by atoms with Gasteiger partial charge in [0.2, 0.25) is 5.91 Å². The summed E-state index contributed by atoms with van der Waals surface area (Å²) in [6.07, 6.45) is 3.12. The van der Waals surface area contributed by atoms with Gasteiger partial charge in [0.15, 0.2) is 0 Å². The molecule has 0 radical (unpaired) electrons. The molecule has 0 bridgehead atoms. The summed E-state index contributed by atoms with van der Waals surface area (Å²) in [6.45, 7) is 0. The first-order chi connectivity index (χ1) is 9.88. The second kappa shape index (κ2) is 6.06. The van der Waals surface area contributed by atoms with Crippen molar-refractivity contribution in [1.82, 2.24) is 9.78 Å². The highest BCUT2D eigenvalue weighted by Crippen LogP contribution is 2.23. The van der Waals surface area contributed by atoms with E-state index in [4.69, 9.17) is 10.8 Å². The van der Waals surface area contributed by atoms with Crippen molar-refractivity contribution in [3.63, 3.8) is 0 Å². The van der Waals surface area contributed by atoms with E-state index in [2.05, 4.69) is 26.3 Å². The van der Waals surface area contributed by atoms with Gasteiger partial charge in [-0.1, -0.05) is 15.9 Å². The summed E-state index contributed by atoms with van der Waals surface area (Å²) < 4.78 is 2.18. The van der Waals surface area contributed by atoms with Gasteiger partial charge in [0.25, 0.3) is 0 Å². The van der Waals surface area contributed by atoms with E-state index >= 15 is 0 Å². The Morgan fingerprint density at radius 1 is 1.48 bits per heavy atom. The lowest BCUT2D eigenvalue weighted by Gasteiger charge is -2.13. The summed E-state index contributed by atoms with van der Waals surface area (Å²) in [6, 6.07) is 3.56. The van der Waals surface area contributed by atoms with Crippen LogP contribution >= 0.6 is 15.9 Å². The van der Waals surface area contributed by atoms with Crippen LogP contribution in [0.25, 0.3) is 0 Å². The van der Waals surface area contributed by atoms with Gasteiger partial charge < -0.3 is 16.2 Å². The van der Waals surface area contributed by atoms with E-state index in [9.17, 15) is 9.59 Å². The van der Waals surface area contributed by atoms with Crippen molar-refractivity contribution in [2.24, 2.45) is 12.8 Å². The van der Waals surface area contributed by atoms with E-state index in [0.717, 1.165) is 0 Å². The zero-order chi connectivity index (χ0) is 15.6. The van der Waals surface area contributed by atoms with E-state index in [1.165, 1.54) is 23.0 Å². The summed E-state index contributed by atoms with van der Waals surface area (Å²) in [7, 11) is 1.71. The minimum Gasteiger partial charge on any atom is -0.478 e. The van der Waals surface area contributed by atoms with Crippen molar-refractivity contribution < 1.29 is 14.7 Å². The number of nitrogens with one attached hydrogen (secondary N) is 1. The highest BCUT2D eigenvalue weighted by molar-refractivity contribution is 9.10. The van der Waals surface area contributed by atoms with Crippen LogP contribution in [0.2, 0.25) is 0 Å². The molecule has 8 heteroatoms. The van der Waals surface area contributed by atoms with Crippen LogP contribution in [0, 0.1) is 0 Å². The molecule has 0 aliphatic carbocycles. The number of aromatic nitrogens is 2. The van der Waals surface area contributed by atoms with Crippen molar-refractivity contribution in [2.45, 2.75) is 6.04 Å². The maximum absolute atomic E-state index is 12.1. The smallest absolute Gasteiger partial charge is 0.337 e. The van der Waals surface area contributed by atoms with Crippen molar-refractivity contribution in [2.75, 3.05) is 5.32 Å². The standard InChI is InChI=1S/C13H13BrN4O3/c1-18-6-7(5-16-18)11(15)12(19)17-10-4-8(14)2-3-9(10)13(20)21/h2-6,11H,15H2,1H3,(H,17,19)(H,20,21). The molecule has 7 nitrogen and oxygen atoms in total. The van der Waals surface area contributed by atoms with Crippen LogP contribution in [0.1, 0.15) is 22.0 Å². The number of halogens is 1. The van der Waals surface area contributed by atoms with Gasteiger partial charge in [0, 0.05) is 23.3 Å². The van der Waals surface area contributed by atoms with Crippen LogP contribution in [0.5, 0.6) is 0 Å². The third-order valence-electron chi connectivity index (χ3n) is 2.84. The van der Waals surface area contributed by atoms with E-state index in [-0.39, 0.29) is 11.3 Å². The Morgan fingerprint density at radius 2 is 2.19 bits per heavy atom. The van der Waals surface area contributed by atoms with Crippen LogP contribution < -0.4 is 11.1 Å². The number of nitrogens with zero attached hydrogens (tertiary/aromatic N) is 2. The van der Waals surface area contributed by atoms with Gasteiger partial charge in [-0.2, -0.15) is 5.10 Å². The van der Waals surface area contributed by atoms with Crippen LogP contribution in [0.3, 0.4) is 0 Å². The molecule has 1 heterocycles. The number of carbonyl (C=O) groups excluding carboxylic acids is 1. The van der Waals surface area contributed by atoms with Gasteiger partial charge in [-0.25, -0.2) is 4.79 Å². The predicted molar refractivity (Wildman–Crippen MR) is 79.9 cm³/mol. The summed E-state index contributed by atoms with van der Waals surface area (Å²) in [5.74, 6) is -1.64. The normalized spacial score (nSPS) is 12.0. The second-order valence-corrected chi connectivity index (χ2v) is 5.32. The number of aromatic carboxylic acids is 1. The van der Waals surface area contributed by atoms with Gasteiger partial charge in [-0.15, -0.1) is 0 Å². The first-order valence-corrected chi connectivity index (χ1v) is 6.75. The van der Waals surface area contributed by atoms with E-state index in [0.29, 0.717) is 10.0 Å². The van der Waals surface area contributed by atoms with Crippen molar-refractivity contribution in [3.8, 4) is 0 Å². The maximum atomic E-state index is 12.1. The molecule has 0 fully saturated rings. The fourth-order valence-corrected chi connectivity index (χ4v) is 2.13. The second-order valence-electron chi connectivity index (χ2n) is 4.41. The van der Waals surface area contributed by atoms with Gasteiger partial charge in [-0.3, -0.25) is 9.48 Å². The number of carbonyl (C=O) groups is 2. The molecule has 0 saturated heterocycles. The number of aryl methyl sites for hydroxylation is 1. The molecule has 2 rings (SSSR count). The summed E-state index contributed by atoms with van der Waals surface area (Å²) in [5, 5.41) is 15.6. The van der Waals surface area contributed by atoms with Crippen molar-refractivity contribution in [3.05, 3.63) is 46.2 Å². The van der Waals surface area contributed by atoms with E-state index in [1.807, 2.05) is 0 Å². The fourth-order valence-electron chi connectivity index (χ4n) is 1.77. The molecule has 0 spiro atoms. The monoisotopic (exact) mass is 352 g/mol. The Hall–Kier alpha value is -2.19. The number of rotatable bonds is 4. The topological polar surface area (TPSA) is 110 Å². The molecule has 1 aromatic heterocycles. The highest BCUT2D eigenvalue weighted by Gasteiger charge is 2.20. The number of benzene rings is 1. The summed E-state index contributed by atoms with van der Waals surface area (Å²) in [5.41, 5.74) is 6.56. The highest BCUT2D eigenvalue weighted by atomic mass is 79.9. The molecule has 21 heavy (non-hydrogen) atoms. The Bertz CT molecular complexity index is 698. The molecule has 1 amide bonds. The molecule has 110 valence electrons. The molecule has 4 N–H and O–H groups in total. The average Bonchev–Trinajstić information content (AvgIpc) is 2.84. The Kier molecular flexibility index (Phi) is 4.39. The summed E-state index contributed by atoms with van der Waals surface area (Å²) in [4.78, 5) is 23.3. The first kappa shape index (κ1) is 15.2. The third kappa shape index (κ3) is 3.47. The third-order valence-corrected chi connectivity index (χ3v) is 3.33. The number of carboxylic acid groups (broad SMARTS) is 1. The number of carboxylic acids is 1. The van der Waals surface area contributed by atoms with Gasteiger partial charge >= 0.3 is 5.97 Å². The number of anilines is 1. The van der Waals surface area contributed by atoms with Gasteiger partial charge in [0.1, 0.15) is 6.04 Å². The molecule has 1 aromatic carbocycles. The average molecular weight is 353 g/mol. The van der Waals surface area contributed by atoms with Crippen LogP contribution in [-0.4, -0.2) is 26.8 Å².